The fraction of sp³-hybridized carbons (Fsp3) is 0.125. The lowest BCUT2D eigenvalue weighted by Crippen LogP contribution is -2.08. The van der Waals surface area contributed by atoms with E-state index < -0.39 is 21.9 Å². The van der Waals surface area contributed by atoms with Gasteiger partial charge in [0, 0.05) is 53.5 Å². The van der Waals surface area contributed by atoms with Crippen LogP contribution in [0.4, 0.5) is 0 Å². The molecule has 0 saturated heterocycles. The molecule has 0 unspecified atom stereocenters. The van der Waals surface area contributed by atoms with Gasteiger partial charge >= 0.3 is 21.9 Å². The quantitative estimate of drug-likeness (QED) is 0.173. The Morgan fingerprint density at radius 1 is 0.793 bits per heavy atom. The first-order valence-electron chi connectivity index (χ1n) is 7.62. The molecule has 5 heteroatoms. The summed E-state index contributed by atoms with van der Waals surface area (Å²) >= 11 is -0.667. The summed E-state index contributed by atoms with van der Waals surface area (Å²) in [6, 6.07) is 0. The maximum atomic E-state index is 11.2. The van der Waals surface area contributed by atoms with Crippen LogP contribution in [0.15, 0.2) is 12.3 Å². The van der Waals surface area contributed by atoms with E-state index in [-0.39, 0.29) is 6.10 Å². The average molecular weight is 389 g/mol. The number of ether oxygens (including phenoxy) is 1. The van der Waals surface area contributed by atoms with Gasteiger partial charge in [0.05, 0.1) is 12.3 Å². The molecule has 0 aliphatic carbocycles. The molecule has 0 aromatic carbocycles. The van der Waals surface area contributed by atoms with Gasteiger partial charge in [-0.3, -0.25) is 0 Å². The van der Waals surface area contributed by atoms with Crippen molar-refractivity contribution in [3.05, 3.63) is 12.3 Å². The van der Waals surface area contributed by atoms with Gasteiger partial charge in [-0.15, -0.1) is 6.42 Å². The van der Waals surface area contributed by atoms with E-state index in [9.17, 15) is 4.79 Å². The van der Waals surface area contributed by atoms with E-state index in [4.69, 9.17) is 14.0 Å². The fourth-order valence-electron chi connectivity index (χ4n) is 0.848. The minimum Gasteiger partial charge on any atom is -0.631 e. The number of rotatable bonds is 5. The van der Waals surface area contributed by atoms with Gasteiger partial charge in [-0.25, -0.2) is 4.79 Å². The molecule has 0 aromatic rings. The Hall–Kier alpha value is -4.46. The molecule has 0 aliphatic rings. The summed E-state index contributed by atoms with van der Waals surface area (Å²) in [5.74, 6) is 37.7. The zero-order chi connectivity index (χ0) is 21.4. The first kappa shape index (κ1) is 24.5. The van der Waals surface area contributed by atoms with Crippen molar-refractivity contribution in [3.63, 3.8) is 0 Å². The second-order valence-electron chi connectivity index (χ2n) is 4.26. The highest BCUT2D eigenvalue weighted by molar-refractivity contribution is 6.18. The number of carbonyl (C=O) groups excluding carboxylic acids is 1. The van der Waals surface area contributed by atoms with Gasteiger partial charge in [-0.05, 0) is 61.2 Å². The molecule has 0 fully saturated rings. The maximum Gasteiger partial charge on any atom is 0.774 e. The Morgan fingerprint density at radius 3 is 1.69 bits per heavy atom. The lowest BCUT2D eigenvalue weighted by atomic mass is 10.5. The molecule has 0 bridgehead atoms. The van der Waals surface area contributed by atoms with Gasteiger partial charge in [-0.1, -0.05) is 0 Å². The van der Waals surface area contributed by atoms with Crippen molar-refractivity contribution in [2.75, 3.05) is 0 Å². The summed E-state index contributed by atoms with van der Waals surface area (Å²) in [6.07, 6.45) is 9.37. The van der Waals surface area contributed by atoms with Crippen molar-refractivity contribution in [1.82, 2.24) is 0 Å². The highest BCUT2D eigenvalue weighted by Gasteiger charge is 2.00. The molecule has 0 atom stereocenters. The normalized spacial score (nSPS) is 6.55. The molecule has 0 amide bonds. The third-order valence-electron chi connectivity index (χ3n) is 1.82. The van der Waals surface area contributed by atoms with E-state index in [1.54, 1.807) is 0 Å². The Balaban J connectivity index is 4.22. The van der Waals surface area contributed by atoms with Crippen LogP contribution in [0.3, 0.4) is 0 Å². The third-order valence-corrected chi connectivity index (χ3v) is 2.74. The number of esters is 1. The molecule has 0 spiro atoms. The number of hydrogen-bond acceptors (Lipinski definition) is 4. The van der Waals surface area contributed by atoms with Crippen LogP contribution in [0, 0.1) is 107 Å². The lowest BCUT2D eigenvalue weighted by Gasteiger charge is -2.04. The van der Waals surface area contributed by atoms with Crippen LogP contribution in [0.1, 0.15) is 13.8 Å². The highest BCUT2D eigenvalue weighted by Crippen LogP contribution is 1.87. The topological polar surface area (TPSA) is 44.8 Å². The van der Waals surface area contributed by atoms with Crippen LogP contribution >= 0.6 is 0 Å². The van der Waals surface area contributed by atoms with Gasteiger partial charge in [0.15, 0.2) is 0 Å². The largest absolute Gasteiger partial charge is 0.774 e. The number of hydrogen-bond donors (Lipinski definition) is 0. The smallest absolute Gasteiger partial charge is 0.631 e. The van der Waals surface area contributed by atoms with E-state index >= 15 is 0 Å². The van der Waals surface area contributed by atoms with Crippen molar-refractivity contribution >= 4 is 21.9 Å². The van der Waals surface area contributed by atoms with Crippen LogP contribution in [-0.4, -0.2) is 28.0 Å². The van der Waals surface area contributed by atoms with Crippen LogP contribution in [0.5, 0.6) is 0 Å². The molecule has 0 heterocycles. The first-order valence-corrected chi connectivity index (χ1v) is 8.56. The number of carbonyl (C=O) groups is 1. The summed E-state index contributed by atoms with van der Waals surface area (Å²) in [5, 5.41) is 0. The molecular weight excluding hydrogens is 379 g/mol. The monoisotopic (exact) mass is 389 g/mol. The molecule has 4 nitrogen and oxygen atoms in total. The van der Waals surface area contributed by atoms with Crippen LogP contribution in [0.25, 0.3) is 0 Å². The molecule has 29 heavy (non-hydrogen) atoms. The number of terminal acetylenes is 1. The lowest BCUT2D eigenvalue weighted by molar-refractivity contribution is -0.131. The minimum absolute atomic E-state index is 0.0718. The zero-order valence-electron chi connectivity index (χ0n) is 15.5. The Kier molecular flexibility index (Phi) is 16.8. The molecule has 0 aliphatic heterocycles. The minimum atomic E-state index is -0.687. The van der Waals surface area contributed by atoms with Crippen molar-refractivity contribution in [2.45, 2.75) is 20.0 Å². The van der Waals surface area contributed by atoms with Gasteiger partial charge in [0.2, 0.25) is 0 Å². The summed E-state index contributed by atoms with van der Waals surface area (Å²) in [7, 11) is 0. The maximum absolute atomic E-state index is 11.2. The molecule has 0 N–H and O–H groups in total. The van der Waals surface area contributed by atoms with Crippen molar-refractivity contribution in [1.29, 1.82) is 0 Å². The van der Waals surface area contributed by atoms with Gasteiger partial charge in [-0.2, -0.15) is 0 Å². The molecule has 0 saturated carbocycles. The molecule has 1 radical (unpaired) electrons. The fourth-order valence-corrected chi connectivity index (χ4v) is 1.28. The summed E-state index contributed by atoms with van der Waals surface area (Å²) in [4.78, 5) is 11.2. The average Bonchev–Trinajstić information content (AvgIpc) is 2.69. The van der Waals surface area contributed by atoms with E-state index in [0.717, 1.165) is 6.08 Å². The van der Waals surface area contributed by atoms with Crippen LogP contribution in [-0.2, 0) is 17.1 Å². The second-order valence-corrected chi connectivity index (χ2v) is 5.00. The Labute approximate surface area is 178 Å². The van der Waals surface area contributed by atoms with Crippen LogP contribution in [0.2, 0.25) is 0 Å². The highest BCUT2D eigenvalue weighted by atomic mass is 27.2. The van der Waals surface area contributed by atoms with E-state index in [1.807, 2.05) is 13.8 Å². The van der Waals surface area contributed by atoms with E-state index in [0.29, 0.717) is 0 Å². The van der Waals surface area contributed by atoms with E-state index in [1.165, 1.54) is 6.26 Å². The first-order chi connectivity index (χ1) is 14.2. The van der Waals surface area contributed by atoms with Crippen LogP contribution < -0.4 is 0 Å². The Bertz CT molecular complexity index is 1150. The van der Waals surface area contributed by atoms with Gasteiger partial charge < -0.3 is 12.3 Å². The van der Waals surface area contributed by atoms with Gasteiger partial charge in [0.1, 0.15) is 6.11 Å². The molecule has 0 aromatic heterocycles. The second kappa shape index (κ2) is 19.9. The predicted octanol–water partition coefficient (Wildman–Crippen LogP) is 0.637. The molecule has 133 valence electrons. The molecule has 0 rings (SSSR count). The van der Waals surface area contributed by atoms with Crippen molar-refractivity contribution in [3.8, 4) is 107 Å². The summed E-state index contributed by atoms with van der Waals surface area (Å²) < 4.78 is 14.7. The van der Waals surface area contributed by atoms with Crippen molar-refractivity contribution in [2.24, 2.45) is 0 Å². The SMILES string of the molecule is C#CC#CC#CC#CC#CC#CC#CC#CC#COC(=O)C=C[O][Al][O]C(C)C. The Morgan fingerprint density at radius 2 is 1.24 bits per heavy atom. The van der Waals surface area contributed by atoms with Gasteiger partial charge in [0.25, 0.3) is 0 Å². The zero-order valence-corrected chi connectivity index (χ0v) is 16.7. The van der Waals surface area contributed by atoms with Crippen molar-refractivity contribution < 1.29 is 17.1 Å². The standard InChI is InChI=1S/C21H4O3.C3H7O.Al/c1-2-3-4-5-6-7-8-9-10-11-12-13-14-15-16-17-20-24-21(23)18-19-22;1-3(2)4;/h1,18-19,22H;3H,1-2H3;/q;-1;+2/p-1. The summed E-state index contributed by atoms with van der Waals surface area (Å²) in [6.45, 7) is 3.76. The van der Waals surface area contributed by atoms with E-state index in [2.05, 4.69) is 106 Å². The predicted molar refractivity (Wildman–Crippen MR) is 109 cm³/mol. The third kappa shape index (κ3) is 21.5. The molecular formula is C24H10AlO4. The summed E-state index contributed by atoms with van der Waals surface area (Å²) in [5.41, 5.74) is 0.